The molecule has 8 aromatic carbocycles. The van der Waals surface area contributed by atoms with Crippen LogP contribution in [0.25, 0.3) is 72.3 Å². The van der Waals surface area contributed by atoms with E-state index in [4.69, 9.17) is 8.60 Å². The average Bonchev–Trinajstić information content (AvgIpc) is 3.70. The van der Waals surface area contributed by atoms with E-state index in [-0.39, 0.29) is 0 Å². The second kappa shape index (κ2) is 15.5. The van der Waals surface area contributed by atoms with Crippen LogP contribution in [-0.2, 0) is 0 Å². The van der Waals surface area contributed by atoms with Gasteiger partial charge in [0.25, 0.3) is 0 Å². The Morgan fingerprint density at radius 2 is 1.28 bits per heavy atom. The molecule has 1 aliphatic rings. The summed E-state index contributed by atoms with van der Waals surface area (Å²) >= 11 is 1.42. The van der Waals surface area contributed by atoms with Crippen LogP contribution in [0.15, 0.2) is 210 Å². The van der Waals surface area contributed by atoms with Crippen molar-refractivity contribution in [1.29, 1.82) is 0 Å². The maximum Gasteiger partial charge on any atom is 0.145 e. The molecule has 2 heterocycles. The number of allylic oxidation sites excluding steroid dienone is 3. The Hall–Kier alpha value is -7.01. The topological polar surface area (TPSA) is 25.6 Å². The zero-order chi connectivity index (χ0) is 38.8. The number of hydrogen-bond acceptors (Lipinski definition) is 4. The number of furan rings is 1. The van der Waals surface area contributed by atoms with E-state index in [0.717, 1.165) is 78.5 Å². The SMILES string of the molecule is CC/C=C\C=C/c1coc2ccc(-c3cc(N(c4ccc(-c5ccccc5)cc4)c4cccc5ccccc45)ccc3-c3ccc4c(c3)-c3ccccc3SO4)cc12. The van der Waals surface area contributed by atoms with Crippen molar-refractivity contribution >= 4 is 56.9 Å². The van der Waals surface area contributed by atoms with Crippen molar-refractivity contribution in [3.05, 3.63) is 206 Å². The summed E-state index contributed by atoms with van der Waals surface area (Å²) in [5.41, 5.74) is 14.3. The predicted octanol–water partition coefficient (Wildman–Crippen LogP) is 16.1. The molecule has 0 atom stereocenters. The highest BCUT2D eigenvalue weighted by molar-refractivity contribution is 7.95. The Morgan fingerprint density at radius 1 is 0.534 bits per heavy atom. The maximum absolute atomic E-state index is 6.16. The number of fused-ring (bicyclic) bond motifs is 5. The van der Waals surface area contributed by atoms with Crippen molar-refractivity contribution < 1.29 is 8.60 Å². The molecule has 278 valence electrons. The van der Waals surface area contributed by atoms with E-state index in [2.05, 4.69) is 212 Å². The molecule has 4 heteroatoms. The van der Waals surface area contributed by atoms with E-state index in [1.54, 1.807) is 0 Å². The van der Waals surface area contributed by atoms with Crippen molar-refractivity contribution in [1.82, 2.24) is 0 Å². The van der Waals surface area contributed by atoms with Gasteiger partial charge in [-0.1, -0.05) is 146 Å². The van der Waals surface area contributed by atoms with Gasteiger partial charge in [0.1, 0.15) is 11.3 Å². The number of nitrogens with zero attached hydrogens (tertiary/aromatic N) is 1. The summed E-state index contributed by atoms with van der Waals surface area (Å²) in [6.07, 6.45) is 11.3. The number of anilines is 3. The quantitative estimate of drug-likeness (QED) is 0.108. The minimum absolute atomic E-state index is 0.858. The molecule has 10 rings (SSSR count). The molecule has 0 bridgehead atoms. The normalized spacial score (nSPS) is 12.2. The van der Waals surface area contributed by atoms with E-state index >= 15 is 0 Å². The molecule has 0 amide bonds. The van der Waals surface area contributed by atoms with Crippen LogP contribution in [0.2, 0.25) is 0 Å². The lowest BCUT2D eigenvalue weighted by atomic mass is 9.90. The maximum atomic E-state index is 6.16. The van der Waals surface area contributed by atoms with Crippen LogP contribution in [0.1, 0.15) is 18.9 Å². The lowest BCUT2D eigenvalue weighted by Crippen LogP contribution is -2.11. The van der Waals surface area contributed by atoms with Gasteiger partial charge in [-0.05, 0) is 106 Å². The van der Waals surface area contributed by atoms with Crippen molar-refractivity contribution in [3.8, 4) is 50.3 Å². The van der Waals surface area contributed by atoms with Crippen LogP contribution in [0, 0.1) is 0 Å². The highest BCUT2D eigenvalue weighted by atomic mass is 32.2. The Morgan fingerprint density at radius 3 is 2.17 bits per heavy atom. The number of hydrogen-bond donors (Lipinski definition) is 0. The van der Waals surface area contributed by atoms with Crippen molar-refractivity contribution in [2.24, 2.45) is 0 Å². The molecule has 1 aliphatic heterocycles. The minimum Gasteiger partial charge on any atom is -0.464 e. The van der Waals surface area contributed by atoms with E-state index in [0.29, 0.717) is 0 Å². The molecule has 0 radical (unpaired) electrons. The zero-order valence-corrected chi connectivity index (χ0v) is 32.8. The molecule has 0 saturated heterocycles. The van der Waals surface area contributed by atoms with Crippen molar-refractivity contribution in [2.75, 3.05) is 4.90 Å². The Labute approximate surface area is 343 Å². The highest BCUT2D eigenvalue weighted by Crippen LogP contribution is 2.48. The van der Waals surface area contributed by atoms with E-state index in [1.807, 2.05) is 6.26 Å². The summed E-state index contributed by atoms with van der Waals surface area (Å²) in [5.74, 6) is 0.875. The highest BCUT2D eigenvalue weighted by Gasteiger charge is 2.22. The van der Waals surface area contributed by atoms with Gasteiger partial charge >= 0.3 is 0 Å². The van der Waals surface area contributed by atoms with Gasteiger partial charge in [0.2, 0.25) is 0 Å². The van der Waals surface area contributed by atoms with Crippen LogP contribution >= 0.6 is 12.0 Å². The molecule has 0 spiro atoms. The van der Waals surface area contributed by atoms with Crippen molar-refractivity contribution in [3.63, 3.8) is 0 Å². The van der Waals surface area contributed by atoms with Crippen LogP contribution < -0.4 is 9.08 Å². The summed E-state index contributed by atoms with van der Waals surface area (Å²) < 4.78 is 12.2. The third kappa shape index (κ3) is 6.68. The smallest absolute Gasteiger partial charge is 0.145 e. The summed E-state index contributed by atoms with van der Waals surface area (Å²) in [7, 11) is 0. The molecular weight excluding hydrogens is 727 g/mol. The van der Waals surface area contributed by atoms with Crippen LogP contribution in [0.3, 0.4) is 0 Å². The molecule has 0 aliphatic carbocycles. The second-order valence-electron chi connectivity index (χ2n) is 14.4. The molecule has 0 saturated carbocycles. The van der Waals surface area contributed by atoms with Crippen LogP contribution in [0.5, 0.6) is 5.75 Å². The van der Waals surface area contributed by atoms with E-state index in [9.17, 15) is 0 Å². The zero-order valence-electron chi connectivity index (χ0n) is 32.0. The third-order valence-electron chi connectivity index (χ3n) is 10.9. The molecule has 58 heavy (non-hydrogen) atoms. The third-order valence-corrected chi connectivity index (χ3v) is 11.7. The largest absolute Gasteiger partial charge is 0.464 e. The minimum atomic E-state index is 0.858. The molecule has 0 fully saturated rings. The van der Waals surface area contributed by atoms with Gasteiger partial charge in [-0.3, -0.25) is 0 Å². The van der Waals surface area contributed by atoms with Crippen LogP contribution in [-0.4, -0.2) is 0 Å². The summed E-state index contributed by atoms with van der Waals surface area (Å²) in [6, 6.07) is 63.1. The first-order valence-corrected chi connectivity index (χ1v) is 20.5. The fourth-order valence-corrected chi connectivity index (χ4v) is 8.70. The lowest BCUT2D eigenvalue weighted by Gasteiger charge is -2.28. The molecule has 0 unspecified atom stereocenters. The average molecular weight is 766 g/mol. The Kier molecular flexibility index (Phi) is 9.46. The monoisotopic (exact) mass is 765 g/mol. The standard InChI is InChI=1S/C54H39NO2S/c1-2-3-4-6-17-42-36-56-52-31-25-41(33-49(42)52)48-35-44(29-30-45(48)40-26-32-53-50(34-40)47-20-11-12-22-54(47)58-57-53)55(51-21-13-18-39-16-9-10-19-46(39)51)43-27-23-38(24-28-43)37-14-7-5-8-15-37/h3-36H,2H2,1H3/b4-3-,17-6-. The molecule has 3 nitrogen and oxygen atoms in total. The van der Waals surface area contributed by atoms with Crippen molar-refractivity contribution in [2.45, 2.75) is 18.2 Å². The van der Waals surface area contributed by atoms with Gasteiger partial charge in [0, 0.05) is 38.8 Å². The van der Waals surface area contributed by atoms with Gasteiger partial charge < -0.3 is 13.5 Å². The van der Waals surface area contributed by atoms with Gasteiger partial charge in [-0.15, -0.1) is 0 Å². The van der Waals surface area contributed by atoms with Gasteiger partial charge in [-0.2, -0.15) is 0 Å². The molecular formula is C54H39NO2S. The van der Waals surface area contributed by atoms with Gasteiger partial charge in [0.05, 0.1) is 28.9 Å². The molecule has 0 N–H and O–H groups in total. The molecule has 1 aromatic heterocycles. The summed E-state index contributed by atoms with van der Waals surface area (Å²) in [4.78, 5) is 3.51. The second-order valence-corrected chi connectivity index (χ2v) is 15.2. The first-order chi connectivity index (χ1) is 28.7. The fourth-order valence-electron chi connectivity index (χ4n) is 7.98. The van der Waals surface area contributed by atoms with Gasteiger partial charge in [-0.25, -0.2) is 0 Å². The Balaban J connectivity index is 1.18. The first kappa shape index (κ1) is 35.4. The Bertz CT molecular complexity index is 2990. The molecule has 9 aromatic rings. The van der Waals surface area contributed by atoms with Crippen LogP contribution in [0.4, 0.5) is 17.1 Å². The van der Waals surface area contributed by atoms with E-state index < -0.39 is 0 Å². The predicted molar refractivity (Wildman–Crippen MR) is 245 cm³/mol. The lowest BCUT2D eigenvalue weighted by molar-refractivity contribution is 0.615. The fraction of sp³-hybridized carbons (Fsp3) is 0.0370. The number of rotatable bonds is 9. The summed E-state index contributed by atoms with van der Waals surface area (Å²) in [6.45, 7) is 2.14. The number of benzene rings is 8. The first-order valence-electron chi connectivity index (χ1n) is 19.7. The van der Waals surface area contributed by atoms with E-state index in [1.165, 1.54) is 39.5 Å². The summed E-state index contributed by atoms with van der Waals surface area (Å²) in [5, 5.41) is 3.45. The van der Waals surface area contributed by atoms with Gasteiger partial charge in [0.15, 0.2) is 0 Å².